The van der Waals surface area contributed by atoms with Gasteiger partial charge in [-0.3, -0.25) is 9.59 Å². The Hall–Kier alpha value is -2.09. The van der Waals surface area contributed by atoms with Crippen molar-refractivity contribution >= 4 is 44.6 Å². The first-order chi connectivity index (χ1) is 14.6. The topological polar surface area (TPSA) is 59.8 Å². The average molecular weight is 486 g/mol. The predicted octanol–water partition coefficient (Wildman–Crippen LogP) is 5.00. The summed E-state index contributed by atoms with van der Waals surface area (Å²) in [5, 5.41) is 0.473. The Balaban J connectivity index is 1.69. The van der Waals surface area contributed by atoms with Crippen LogP contribution in [-0.4, -0.2) is 36.3 Å². The van der Waals surface area contributed by atoms with E-state index in [4.69, 9.17) is 9.15 Å². The van der Waals surface area contributed by atoms with Crippen LogP contribution in [0.3, 0.4) is 0 Å². The van der Waals surface area contributed by atoms with Crippen molar-refractivity contribution in [3.63, 3.8) is 0 Å². The summed E-state index contributed by atoms with van der Waals surface area (Å²) >= 11 is 5.08. The molecule has 1 saturated heterocycles. The molecule has 3 heterocycles. The van der Waals surface area contributed by atoms with Gasteiger partial charge in [0.05, 0.1) is 23.1 Å². The van der Waals surface area contributed by atoms with Gasteiger partial charge in [-0.05, 0) is 55.0 Å². The van der Waals surface area contributed by atoms with Crippen LogP contribution >= 0.6 is 27.7 Å². The van der Waals surface area contributed by atoms with Crippen LogP contribution in [-0.2, 0) is 4.74 Å². The van der Waals surface area contributed by atoms with E-state index in [1.807, 2.05) is 30.5 Å². The molecule has 0 N–H and O–H groups in total. The van der Waals surface area contributed by atoms with Crippen LogP contribution in [0.1, 0.15) is 40.6 Å². The zero-order valence-corrected chi connectivity index (χ0v) is 18.8. The monoisotopic (exact) mass is 485 g/mol. The number of carbonyl (C=O) groups excluding carboxylic acids is 1. The highest BCUT2D eigenvalue weighted by Gasteiger charge is 2.43. The lowest BCUT2D eigenvalue weighted by Gasteiger charge is -2.27. The fourth-order valence-corrected chi connectivity index (χ4v) is 5.09. The van der Waals surface area contributed by atoms with Crippen molar-refractivity contribution in [1.29, 1.82) is 0 Å². The third-order valence-electron chi connectivity index (χ3n) is 5.78. The van der Waals surface area contributed by atoms with E-state index in [-0.39, 0.29) is 23.2 Å². The van der Waals surface area contributed by atoms with Gasteiger partial charge in [-0.25, -0.2) is 0 Å². The molecule has 2 aliphatic heterocycles. The number of hydrogen-bond acceptors (Lipinski definition) is 5. The lowest BCUT2D eigenvalue weighted by atomic mass is 9.98. The number of rotatable bonds is 4. The van der Waals surface area contributed by atoms with Crippen LogP contribution in [0.25, 0.3) is 11.0 Å². The Bertz CT molecular complexity index is 1180. The zero-order valence-electron chi connectivity index (χ0n) is 16.4. The Kier molecular flexibility index (Phi) is 5.21. The smallest absolute Gasteiger partial charge is 0.291 e. The summed E-state index contributed by atoms with van der Waals surface area (Å²) in [6.07, 6.45) is 3.90. The number of hydrogen-bond donors (Lipinski definition) is 0. The second-order valence-corrected chi connectivity index (χ2v) is 9.38. The van der Waals surface area contributed by atoms with E-state index in [0.29, 0.717) is 29.7 Å². The highest BCUT2D eigenvalue weighted by Crippen LogP contribution is 2.39. The third kappa shape index (κ3) is 3.29. The molecule has 5 rings (SSSR count). The Morgan fingerprint density at radius 2 is 1.97 bits per heavy atom. The van der Waals surface area contributed by atoms with Crippen molar-refractivity contribution in [2.45, 2.75) is 29.9 Å². The quantitative estimate of drug-likeness (QED) is 0.486. The first-order valence-electron chi connectivity index (χ1n) is 9.89. The number of amides is 1. The molecular weight excluding hydrogens is 466 g/mol. The van der Waals surface area contributed by atoms with E-state index < -0.39 is 6.04 Å². The van der Waals surface area contributed by atoms with Crippen LogP contribution in [0, 0.1) is 0 Å². The third-order valence-corrected chi connectivity index (χ3v) is 7.02. The first-order valence-corrected chi connectivity index (χ1v) is 11.9. The van der Waals surface area contributed by atoms with Gasteiger partial charge in [0.2, 0.25) is 5.76 Å². The molecule has 7 heteroatoms. The minimum Gasteiger partial charge on any atom is -0.450 e. The van der Waals surface area contributed by atoms with Crippen LogP contribution in [0.2, 0.25) is 0 Å². The number of benzene rings is 2. The molecule has 5 nitrogen and oxygen atoms in total. The van der Waals surface area contributed by atoms with E-state index in [0.717, 1.165) is 27.8 Å². The number of fused-ring (bicyclic) bond motifs is 2. The summed E-state index contributed by atoms with van der Waals surface area (Å²) in [6, 6.07) is 12.8. The van der Waals surface area contributed by atoms with Crippen molar-refractivity contribution in [2.24, 2.45) is 0 Å². The molecule has 0 aliphatic carbocycles. The molecule has 0 spiro atoms. The van der Waals surface area contributed by atoms with E-state index >= 15 is 0 Å². The number of nitrogens with zero attached hydrogens (tertiary/aromatic N) is 1. The summed E-state index contributed by atoms with van der Waals surface area (Å²) in [5.41, 5.74) is 1.58. The molecule has 1 fully saturated rings. The first kappa shape index (κ1) is 19.8. The molecule has 2 aromatic carbocycles. The van der Waals surface area contributed by atoms with Crippen molar-refractivity contribution < 1.29 is 13.9 Å². The van der Waals surface area contributed by atoms with Gasteiger partial charge in [0, 0.05) is 22.5 Å². The molecule has 0 bridgehead atoms. The van der Waals surface area contributed by atoms with Gasteiger partial charge in [-0.1, -0.05) is 28.1 Å². The van der Waals surface area contributed by atoms with Crippen molar-refractivity contribution in [3.8, 4) is 0 Å². The highest BCUT2D eigenvalue weighted by molar-refractivity contribution is 9.10. The average Bonchev–Trinajstić information content (AvgIpc) is 3.37. The Morgan fingerprint density at radius 3 is 2.67 bits per heavy atom. The van der Waals surface area contributed by atoms with Gasteiger partial charge in [-0.2, -0.15) is 0 Å². The van der Waals surface area contributed by atoms with Gasteiger partial charge in [0.25, 0.3) is 5.91 Å². The minimum absolute atomic E-state index is 0.0186. The van der Waals surface area contributed by atoms with E-state index in [1.165, 1.54) is 0 Å². The highest BCUT2D eigenvalue weighted by atomic mass is 79.9. The molecule has 1 amide bonds. The van der Waals surface area contributed by atoms with Crippen LogP contribution in [0.4, 0.5) is 0 Å². The minimum atomic E-state index is -0.479. The van der Waals surface area contributed by atoms with Gasteiger partial charge in [0.1, 0.15) is 5.58 Å². The molecule has 154 valence electrons. The van der Waals surface area contributed by atoms with Crippen molar-refractivity contribution in [1.82, 2.24) is 4.90 Å². The molecule has 0 unspecified atom stereocenters. The second kappa shape index (κ2) is 7.87. The fourth-order valence-electron chi connectivity index (χ4n) is 4.32. The van der Waals surface area contributed by atoms with Gasteiger partial charge in [0.15, 0.2) is 5.43 Å². The van der Waals surface area contributed by atoms with Gasteiger partial charge >= 0.3 is 0 Å². The lowest BCUT2D eigenvalue weighted by molar-refractivity contribution is 0.0486. The predicted molar refractivity (Wildman–Crippen MR) is 120 cm³/mol. The van der Waals surface area contributed by atoms with Crippen LogP contribution in [0.15, 0.2) is 61.0 Å². The Labute approximate surface area is 186 Å². The second-order valence-electron chi connectivity index (χ2n) is 7.58. The van der Waals surface area contributed by atoms with Gasteiger partial charge < -0.3 is 14.1 Å². The van der Waals surface area contributed by atoms with Crippen LogP contribution in [0.5, 0.6) is 0 Å². The Morgan fingerprint density at radius 1 is 1.17 bits per heavy atom. The van der Waals surface area contributed by atoms with E-state index in [9.17, 15) is 9.59 Å². The zero-order chi connectivity index (χ0) is 20.8. The normalized spacial score (nSPS) is 20.9. The molecule has 2 aliphatic rings. The van der Waals surface area contributed by atoms with Gasteiger partial charge in [-0.15, -0.1) is 11.8 Å². The lowest BCUT2D eigenvalue weighted by Crippen LogP contribution is -2.36. The molecule has 2 atom stereocenters. The standard InChI is InChI=1S/C23H20BrNO4S/c1-30-16-7-4-13(5-8-16)20-19-21(26)17-11-14(24)6-9-18(17)29-22(19)23(27)25(20)12-15-3-2-10-28-15/h4-9,11,15,20H,2-3,10,12H2,1H3/t15-,20-/m0/s1. The molecule has 0 saturated carbocycles. The number of halogens is 1. The summed E-state index contributed by atoms with van der Waals surface area (Å²) in [4.78, 5) is 29.8. The van der Waals surface area contributed by atoms with E-state index in [1.54, 1.807) is 34.9 Å². The molecule has 0 radical (unpaired) electrons. The van der Waals surface area contributed by atoms with Crippen LogP contribution < -0.4 is 5.43 Å². The maximum absolute atomic E-state index is 13.5. The number of thioether (sulfide) groups is 1. The SMILES string of the molecule is CSc1ccc([C@H]2c3c(oc4ccc(Br)cc4c3=O)C(=O)N2C[C@@H]2CCCO2)cc1. The molecule has 30 heavy (non-hydrogen) atoms. The van der Waals surface area contributed by atoms with Crippen molar-refractivity contribution in [3.05, 3.63) is 74.0 Å². The van der Waals surface area contributed by atoms with E-state index in [2.05, 4.69) is 15.9 Å². The number of ether oxygens (including phenoxy) is 1. The van der Waals surface area contributed by atoms with Crippen molar-refractivity contribution in [2.75, 3.05) is 19.4 Å². The maximum Gasteiger partial charge on any atom is 0.291 e. The largest absolute Gasteiger partial charge is 0.450 e. The fraction of sp³-hybridized carbons (Fsp3) is 0.304. The summed E-state index contributed by atoms with van der Waals surface area (Å²) in [7, 11) is 0. The molecule has 3 aromatic rings. The molecule has 1 aromatic heterocycles. The summed E-state index contributed by atoms with van der Waals surface area (Å²) in [5.74, 6) is -0.104. The maximum atomic E-state index is 13.5. The summed E-state index contributed by atoms with van der Waals surface area (Å²) in [6.45, 7) is 1.15. The summed E-state index contributed by atoms with van der Waals surface area (Å²) < 4.78 is 12.6. The molecular formula is C23H20BrNO4S. The number of carbonyl (C=O) groups is 1.